The van der Waals surface area contributed by atoms with Gasteiger partial charge in [-0.2, -0.15) is 0 Å². The van der Waals surface area contributed by atoms with Gasteiger partial charge >= 0.3 is 29.8 Å². The molecule has 0 aromatic heterocycles. The SMILES string of the molecule is CCCCCCCCOC(=O)c1ccc(OC(=O)c2ccc(OC(=O)c3ccc4ccc(OC(=O)c5ccc(OC(=O)c6ccc(OCCCCCCCC)cc6)cc5)c(C)c4c3)cc2)cc1. The average molecular weight is 907 g/mol. The first kappa shape index (κ1) is 49.2. The quantitative estimate of drug-likeness (QED) is 0.0325. The van der Waals surface area contributed by atoms with E-state index in [0.29, 0.717) is 46.8 Å². The Balaban J connectivity index is 0.968. The summed E-state index contributed by atoms with van der Waals surface area (Å²) in [5.74, 6) is -1.10. The number of rotatable bonds is 24. The number of hydrogen-bond donors (Lipinski definition) is 0. The Labute approximate surface area is 392 Å². The standard InChI is InChI=1S/C56H58O11/c1-4-6-8-10-12-14-36-62-46-27-18-42(19-28-46)53(58)65-48-33-24-44(25-34-48)55(60)67-51-35-26-40-16-17-45(38-50(40)39(51)3)56(61)66-49-31-22-43(23-32-49)54(59)64-47-29-20-41(21-30-47)52(57)63-37-15-13-11-9-7-5-2/h16-35,38H,4-15,36-37H2,1-3H3. The first-order valence-corrected chi connectivity index (χ1v) is 23.2. The number of aryl methyl sites for hydroxylation is 1. The molecule has 0 radical (unpaired) electrons. The molecule has 348 valence electrons. The van der Waals surface area contributed by atoms with E-state index < -0.39 is 29.8 Å². The summed E-state index contributed by atoms with van der Waals surface area (Å²) in [6.45, 7) is 7.15. The summed E-state index contributed by atoms with van der Waals surface area (Å²) in [7, 11) is 0. The van der Waals surface area contributed by atoms with Gasteiger partial charge < -0.3 is 28.4 Å². The van der Waals surface area contributed by atoms with Gasteiger partial charge in [-0.15, -0.1) is 0 Å². The molecule has 0 unspecified atom stereocenters. The maximum Gasteiger partial charge on any atom is 0.343 e. The molecular formula is C56H58O11. The molecule has 0 fully saturated rings. The van der Waals surface area contributed by atoms with E-state index in [4.69, 9.17) is 28.4 Å². The third kappa shape index (κ3) is 14.9. The molecule has 0 N–H and O–H groups in total. The highest BCUT2D eigenvalue weighted by Crippen LogP contribution is 2.30. The second kappa shape index (κ2) is 25.4. The lowest BCUT2D eigenvalue weighted by molar-refractivity contribution is 0.0496. The molecule has 67 heavy (non-hydrogen) atoms. The van der Waals surface area contributed by atoms with E-state index in [1.54, 1.807) is 73.7 Å². The van der Waals surface area contributed by atoms with Gasteiger partial charge in [0.25, 0.3) is 0 Å². The Morgan fingerprint density at radius 1 is 0.373 bits per heavy atom. The number of esters is 5. The summed E-state index contributed by atoms with van der Waals surface area (Å²) >= 11 is 0. The second-order valence-corrected chi connectivity index (χ2v) is 16.3. The molecule has 0 aliphatic carbocycles. The molecule has 6 aromatic carbocycles. The van der Waals surface area contributed by atoms with Crippen molar-refractivity contribution in [3.63, 3.8) is 0 Å². The van der Waals surface area contributed by atoms with E-state index >= 15 is 0 Å². The van der Waals surface area contributed by atoms with Crippen LogP contribution in [0.25, 0.3) is 10.8 Å². The number of fused-ring (bicyclic) bond motifs is 1. The molecule has 11 heteroatoms. The van der Waals surface area contributed by atoms with E-state index in [2.05, 4.69) is 13.8 Å². The van der Waals surface area contributed by atoms with Crippen molar-refractivity contribution >= 4 is 40.6 Å². The minimum atomic E-state index is -0.629. The zero-order chi connectivity index (χ0) is 47.4. The lowest BCUT2D eigenvalue weighted by Gasteiger charge is -2.12. The predicted molar refractivity (Wildman–Crippen MR) is 257 cm³/mol. The average Bonchev–Trinajstić information content (AvgIpc) is 3.35. The van der Waals surface area contributed by atoms with E-state index in [0.717, 1.165) is 37.5 Å². The van der Waals surface area contributed by atoms with Gasteiger partial charge in [-0.05, 0) is 151 Å². The van der Waals surface area contributed by atoms with Crippen LogP contribution < -0.4 is 23.7 Å². The van der Waals surface area contributed by atoms with E-state index in [9.17, 15) is 24.0 Å². The van der Waals surface area contributed by atoms with Gasteiger partial charge in [0.1, 0.15) is 28.7 Å². The monoisotopic (exact) mass is 906 g/mol. The van der Waals surface area contributed by atoms with Crippen LogP contribution in [0.4, 0.5) is 0 Å². The van der Waals surface area contributed by atoms with E-state index in [-0.39, 0.29) is 33.9 Å². The van der Waals surface area contributed by atoms with Crippen molar-refractivity contribution < 1.29 is 52.4 Å². The van der Waals surface area contributed by atoms with Gasteiger partial charge in [-0.25, -0.2) is 24.0 Å². The van der Waals surface area contributed by atoms with Crippen molar-refractivity contribution in [1.82, 2.24) is 0 Å². The molecular weight excluding hydrogens is 849 g/mol. The van der Waals surface area contributed by atoms with Gasteiger partial charge in [0.05, 0.1) is 41.0 Å². The van der Waals surface area contributed by atoms with Crippen LogP contribution in [0.15, 0.2) is 127 Å². The zero-order valence-corrected chi connectivity index (χ0v) is 38.5. The Morgan fingerprint density at radius 3 is 1.24 bits per heavy atom. The van der Waals surface area contributed by atoms with Gasteiger partial charge in [-0.3, -0.25) is 0 Å². The van der Waals surface area contributed by atoms with Gasteiger partial charge in [0.15, 0.2) is 0 Å². The van der Waals surface area contributed by atoms with Crippen molar-refractivity contribution in [2.75, 3.05) is 13.2 Å². The molecule has 0 spiro atoms. The van der Waals surface area contributed by atoms with Crippen LogP contribution >= 0.6 is 0 Å². The number of benzene rings is 6. The molecule has 0 saturated carbocycles. The van der Waals surface area contributed by atoms with Crippen LogP contribution in [-0.2, 0) is 4.74 Å². The number of carbonyl (C=O) groups is 5. The third-order valence-electron chi connectivity index (χ3n) is 11.2. The molecule has 0 atom stereocenters. The second-order valence-electron chi connectivity index (χ2n) is 16.3. The minimum absolute atomic E-state index is 0.212. The first-order chi connectivity index (χ1) is 32.6. The lowest BCUT2D eigenvalue weighted by atomic mass is 10.0. The van der Waals surface area contributed by atoms with Crippen LogP contribution in [0, 0.1) is 6.92 Å². The normalized spacial score (nSPS) is 10.9. The van der Waals surface area contributed by atoms with Crippen molar-refractivity contribution in [3.05, 3.63) is 161 Å². The van der Waals surface area contributed by atoms with Crippen LogP contribution in [-0.4, -0.2) is 43.1 Å². The molecule has 11 nitrogen and oxygen atoms in total. The van der Waals surface area contributed by atoms with Crippen LogP contribution in [0.1, 0.15) is 148 Å². The molecule has 6 rings (SSSR count). The number of carbonyl (C=O) groups excluding carboxylic acids is 5. The fraction of sp³-hybridized carbons (Fsp3) is 0.304. The van der Waals surface area contributed by atoms with Crippen LogP contribution in [0.2, 0.25) is 0 Å². The summed E-state index contributed by atoms with van der Waals surface area (Å²) in [5, 5.41) is 1.49. The van der Waals surface area contributed by atoms with Gasteiger partial charge in [-0.1, -0.05) is 90.2 Å². The highest BCUT2D eigenvalue weighted by Gasteiger charge is 2.17. The summed E-state index contributed by atoms with van der Waals surface area (Å²) in [5.41, 5.74) is 2.10. The van der Waals surface area contributed by atoms with Crippen molar-refractivity contribution in [3.8, 4) is 28.7 Å². The first-order valence-electron chi connectivity index (χ1n) is 23.2. The summed E-state index contributed by atoms with van der Waals surface area (Å²) in [6, 6.07) is 33.5. The maximum absolute atomic E-state index is 13.3. The molecule has 6 aromatic rings. The number of unbranched alkanes of at least 4 members (excludes halogenated alkanes) is 10. The lowest BCUT2D eigenvalue weighted by Crippen LogP contribution is -2.11. The zero-order valence-electron chi connectivity index (χ0n) is 38.5. The minimum Gasteiger partial charge on any atom is -0.494 e. The van der Waals surface area contributed by atoms with Gasteiger partial charge in [0.2, 0.25) is 0 Å². The van der Waals surface area contributed by atoms with Gasteiger partial charge in [0, 0.05) is 0 Å². The fourth-order valence-corrected chi connectivity index (χ4v) is 7.21. The number of hydrogen-bond acceptors (Lipinski definition) is 11. The highest BCUT2D eigenvalue weighted by atomic mass is 16.6. The summed E-state index contributed by atoms with van der Waals surface area (Å²) in [4.78, 5) is 64.6. The topological polar surface area (TPSA) is 141 Å². The number of ether oxygens (including phenoxy) is 6. The molecule has 0 saturated heterocycles. The third-order valence-corrected chi connectivity index (χ3v) is 11.2. The molecule has 0 heterocycles. The van der Waals surface area contributed by atoms with E-state index in [1.165, 1.54) is 106 Å². The van der Waals surface area contributed by atoms with Crippen LogP contribution in [0.3, 0.4) is 0 Å². The molecule has 0 amide bonds. The molecule has 0 aliphatic rings. The fourth-order valence-electron chi connectivity index (χ4n) is 7.21. The van der Waals surface area contributed by atoms with Crippen molar-refractivity contribution in [1.29, 1.82) is 0 Å². The smallest absolute Gasteiger partial charge is 0.343 e. The summed E-state index contributed by atoms with van der Waals surface area (Å²) < 4.78 is 33.6. The van der Waals surface area contributed by atoms with E-state index in [1.807, 2.05) is 0 Å². The Bertz CT molecular complexity index is 2580. The Kier molecular flexibility index (Phi) is 18.7. The largest absolute Gasteiger partial charge is 0.494 e. The molecule has 0 bridgehead atoms. The van der Waals surface area contributed by atoms with Crippen LogP contribution in [0.5, 0.6) is 28.7 Å². The Hall–Kier alpha value is -7.27. The Morgan fingerprint density at radius 2 is 0.746 bits per heavy atom. The highest BCUT2D eigenvalue weighted by molar-refractivity contribution is 5.99. The predicted octanol–water partition coefficient (Wildman–Crippen LogP) is 13.3. The van der Waals surface area contributed by atoms with Crippen molar-refractivity contribution in [2.45, 2.75) is 97.8 Å². The maximum atomic E-state index is 13.3. The molecule has 0 aliphatic heterocycles. The van der Waals surface area contributed by atoms with Crippen molar-refractivity contribution in [2.24, 2.45) is 0 Å². The summed E-state index contributed by atoms with van der Waals surface area (Å²) in [6.07, 6.45) is 13.6.